The van der Waals surface area contributed by atoms with Crippen molar-refractivity contribution in [1.82, 2.24) is 20.2 Å². The lowest BCUT2D eigenvalue weighted by atomic mass is 9.96. The highest BCUT2D eigenvalue weighted by atomic mass is 19.4. The molecular weight excluding hydrogens is 487 g/mol. The summed E-state index contributed by atoms with van der Waals surface area (Å²) in [6.45, 7) is 5.51. The van der Waals surface area contributed by atoms with Gasteiger partial charge in [-0.1, -0.05) is 19.1 Å². The van der Waals surface area contributed by atoms with Gasteiger partial charge in [-0.15, -0.1) is 13.2 Å². The van der Waals surface area contributed by atoms with E-state index in [4.69, 9.17) is 0 Å². The van der Waals surface area contributed by atoms with Crippen molar-refractivity contribution in [1.29, 1.82) is 0 Å². The summed E-state index contributed by atoms with van der Waals surface area (Å²) >= 11 is 0. The summed E-state index contributed by atoms with van der Waals surface area (Å²) < 4.78 is 41.7. The van der Waals surface area contributed by atoms with E-state index in [0.29, 0.717) is 56.3 Å². The normalized spacial score (nSPS) is 22.6. The molecule has 1 aliphatic heterocycles. The number of nitrogens with zero attached hydrogens (tertiary/aromatic N) is 4. The third-order valence-corrected chi connectivity index (χ3v) is 7.46. The van der Waals surface area contributed by atoms with Crippen LogP contribution in [0.15, 0.2) is 30.6 Å². The molecule has 0 unspecified atom stereocenters. The van der Waals surface area contributed by atoms with Gasteiger partial charge in [0, 0.05) is 38.3 Å². The molecule has 2 fully saturated rings. The average molecular weight is 520 g/mol. The van der Waals surface area contributed by atoms with E-state index in [1.807, 2.05) is 4.90 Å². The molecule has 0 spiro atoms. The minimum atomic E-state index is -4.76. The highest BCUT2D eigenvalue weighted by molar-refractivity contribution is 5.84. The molecular formula is C26H32F3N5O3. The van der Waals surface area contributed by atoms with Crippen LogP contribution in [0.1, 0.15) is 60.9 Å². The Hall–Kier alpha value is -2.92. The van der Waals surface area contributed by atoms with Gasteiger partial charge in [0.1, 0.15) is 17.9 Å². The number of fused-ring (bicyclic) bond motifs is 1. The SMILES string of the molecule is C[C@@H]1C[C@@H](O)c2ncnc(N3CCN(C(=O)[C@H](CNCC4CC4)c4ccc(OC(F)(F)F)cc4)CC3)c21. The highest BCUT2D eigenvalue weighted by Crippen LogP contribution is 2.42. The summed E-state index contributed by atoms with van der Waals surface area (Å²) in [6, 6.07) is 5.59. The highest BCUT2D eigenvalue weighted by Gasteiger charge is 2.35. The van der Waals surface area contributed by atoms with Crippen molar-refractivity contribution < 1.29 is 27.8 Å². The van der Waals surface area contributed by atoms with Gasteiger partial charge in [0.2, 0.25) is 5.91 Å². The minimum Gasteiger partial charge on any atom is -0.406 e. The van der Waals surface area contributed by atoms with E-state index >= 15 is 0 Å². The van der Waals surface area contributed by atoms with Gasteiger partial charge < -0.3 is 25.0 Å². The Kier molecular flexibility index (Phi) is 7.26. The van der Waals surface area contributed by atoms with E-state index in [9.17, 15) is 23.1 Å². The number of hydrogen-bond donors (Lipinski definition) is 2. The first kappa shape index (κ1) is 25.7. The summed E-state index contributed by atoms with van der Waals surface area (Å²) in [5.41, 5.74) is 2.33. The number of rotatable bonds is 8. The molecule has 8 nitrogen and oxygen atoms in total. The van der Waals surface area contributed by atoms with Crippen LogP contribution in [0.3, 0.4) is 0 Å². The number of alkyl halides is 3. The van der Waals surface area contributed by atoms with Gasteiger partial charge in [-0.05, 0) is 55.3 Å². The lowest BCUT2D eigenvalue weighted by Crippen LogP contribution is -2.51. The zero-order chi connectivity index (χ0) is 26.2. The van der Waals surface area contributed by atoms with E-state index < -0.39 is 18.4 Å². The smallest absolute Gasteiger partial charge is 0.406 e. The van der Waals surface area contributed by atoms with Crippen LogP contribution < -0.4 is 15.0 Å². The second kappa shape index (κ2) is 10.4. The number of benzene rings is 1. The van der Waals surface area contributed by atoms with Crippen molar-refractivity contribution >= 4 is 11.7 Å². The molecule has 1 amide bonds. The minimum absolute atomic E-state index is 0.0517. The van der Waals surface area contributed by atoms with E-state index in [1.165, 1.54) is 43.4 Å². The molecule has 11 heteroatoms. The molecule has 0 radical (unpaired) electrons. The number of aromatic nitrogens is 2. The summed E-state index contributed by atoms with van der Waals surface area (Å²) in [7, 11) is 0. The number of anilines is 1. The van der Waals surface area contributed by atoms with Crippen molar-refractivity contribution in [2.75, 3.05) is 44.2 Å². The molecule has 0 bridgehead atoms. The number of carbonyl (C=O) groups is 1. The molecule has 1 saturated heterocycles. The van der Waals surface area contributed by atoms with Crippen LogP contribution in [-0.4, -0.2) is 71.5 Å². The quantitative estimate of drug-likeness (QED) is 0.553. The Morgan fingerprint density at radius 1 is 1.16 bits per heavy atom. The number of carbonyl (C=O) groups excluding carboxylic acids is 1. The fourth-order valence-electron chi connectivity index (χ4n) is 5.32. The van der Waals surface area contributed by atoms with Crippen LogP contribution in [0, 0.1) is 5.92 Å². The molecule has 1 saturated carbocycles. The summed E-state index contributed by atoms with van der Waals surface area (Å²) in [4.78, 5) is 26.4. The number of hydrogen-bond acceptors (Lipinski definition) is 7. The number of halogens is 3. The lowest BCUT2D eigenvalue weighted by molar-refractivity contribution is -0.274. The molecule has 200 valence electrons. The molecule has 1 aromatic heterocycles. The van der Waals surface area contributed by atoms with Crippen LogP contribution >= 0.6 is 0 Å². The van der Waals surface area contributed by atoms with Crippen molar-refractivity contribution in [3.8, 4) is 5.75 Å². The molecule has 3 atom stereocenters. The Labute approximate surface area is 213 Å². The van der Waals surface area contributed by atoms with Gasteiger partial charge >= 0.3 is 6.36 Å². The van der Waals surface area contributed by atoms with Crippen LogP contribution in [-0.2, 0) is 4.79 Å². The van der Waals surface area contributed by atoms with E-state index in [2.05, 4.69) is 31.8 Å². The van der Waals surface area contributed by atoms with Gasteiger partial charge in [-0.3, -0.25) is 4.79 Å². The van der Waals surface area contributed by atoms with Crippen LogP contribution in [0.5, 0.6) is 5.75 Å². The maximum Gasteiger partial charge on any atom is 0.573 e. The number of aliphatic hydroxyl groups excluding tert-OH is 1. The Bertz CT molecular complexity index is 1100. The Morgan fingerprint density at radius 3 is 2.51 bits per heavy atom. The Morgan fingerprint density at radius 2 is 1.86 bits per heavy atom. The third-order valence-electron chi connectivity index (χ3n) is 7.46. The van der Waals surface area contributed by atoms with E-state index in [0.717, 1.165) is 17.9 Å². The first-order valence-corrected chi connectivity index (χ1v) is 12.8. The number of ether oxygens (including phenoxy) is 1. The van der Waals surface area contributed by atoms with Crippen molar-refractivity contribution in [3.63, 3.8) is 0 Å². The molecule has 37 heavy (non-hydrogen) atoms. The molecule has 3 aliphatic rings. The maximum atomic E-state index is 13.6. The first-order chi connectivity index (χ1) is 17.7. The summed E-state index contributed by atoms with van der Waals surface area (Å²) in [6.07, 6.45) is -0.866. The van der Waals surface area contributed by atoms with Gasteiger partial charge in [0.15, 0.2) is 0 Å². The van der Waals surface area contributed by atoms with Crippen LogP contribution in [0.25, 0.3) is 0 Å². The van der Waals surface area contributed by atoms with E-state index in [1.54, 1.807) is 0 Å². The van der Waals surface area contributed by atoms with Crippen molar-refractivity contribution in [2.45, 2.75) is 50.5 Å². The molecule has 2 aromatic rings. The largest absolute Gasteiger partial charge is 0.573 e. The second-order valence-electron chi connectivity index (χ2n) is 10.2. The monoisotopic (exact) mass is 519 g/mol. The fraction of sp³-hybridized carbons (Fsp3) is 0.577. The molecule has 1 aromatic carbocycles. The second-order valence-corrected chi connectivity index (χ2v) is 10.2. The topological polar surface area (TPSA) is 90.8 Å². The number of amides is 1. The van der Waals surface area contributed by atoms with Crippen molar-refractivity contribution in [3.05, 3.63) is 47.4 Å². The predicted octanol–water partition coefficient (Wildman–Crippen LogP) is 3.35. The lowest BCUT2D eigenvalue weighted by Gasteiger charge is -2.38. The first-order valence-electron chi connectivity index (χ1n) is 12.8. The molecule has 5 rings (SSSR count). The molecule has 2 N–H and O–H groups in total. The van der Waals surface area contributed by atoms with Gasteiger partial charge in [0.25, 0.3) is 0 Å². The average Bonchev–Trinajstić information content (AvgIpc) is 3.65. The number of nitrogens with one attached hydrogen (secondary N) is 1. The molecule has 2 heterocycles. The Balaban J connectivity index is 1.27. The van der Waals surface area contributed by atoms with Gasteiger partial charge in [-0.25, -0.2) is 9.97 Å². The van der Waals surface area contributed by atoms with Crippen LogP contribution in [0.2, 0.25) is 0 Å². The fourth-order valence-corrected chi connectivity index (χ4v) is 5.32. The van der Waals surface area contributed by atoms with Gasteiger partial charge in [-0.2, -0.15) is 0 Å². The maximum absolute atomic E-state index is 13.6. The number of aliphatic hydroxyl groups is 1. The summed E-state index contributed by atoms with van der Waals surface area (Å²) in [5, 5.41) is 13.7. The predicted molar refractivity (Wildman–Crippen MR) is 130 cm³/mol. The van der Waals surface area contributed by atoms with E-state index in [-0.39, 0.29) is 17.6 Å². The zero-order valence-corrected chi connectivity index (χ0v) is 20.7. The summed E-state index contributed by atoms with van der Waals surface area (Å²) in [5.74, 6) is 0.750. The third kappa shape index (κ3) is 5.98. The van der Waals surface area contributed by atoms with Gasteiger partial charge in [0.05, 0.1) is 17.7 Å². The van der Waals surface area contributed by atoms with Crippen molar-refractivity contribution in [2.24, 2.45) is 5.92 Å². The number of piperazine rings is 1. The standard InChI is InChI=1S/C26H32F3N5O3/c1-16-12-21(35)23-22(16)24(32-15-31-23)33-8-10-34(11-9-33)25(36)20(14-30-13-17-2-3-17)18-4-6-19(7-5-18)37-26(27,28)29/h4-7,15-17,20-21,30,35H,2-3,8-14H2,1H3/t16-,20-,21-/m1/s1. The molecule has 2 aliphatic carbocycles. The van der Waals surface area contributed by atoms with Crippen LogP contribution in [0.4, 0.5) is 19.0 Å². The zero-order valence-electron chi connectivity index (χ0n) is 20.7.